The summed E-state index contributed by atoms with van der Waals surface area (Å²) in [5.74, 6) is -2.15. The molecule has 3 aromatic heterocycles. The molecule has 0 radical (unpaired) electrons. The minimum atomic E-state index is -1.23. The maximum Gasteiger partial charge on any atom is 0.267 e. The highest BCUT2D eigenvalue weighted by molar-refractivity contribution is 6.35. The Kier molecular flexibility index (Phi) is 4.70. The number of hydrogen-bond acceptors (Lipinski definition) is 8. The second kappa shape index (κ2) is 7.22. The molecule has 0 saturated carbocycles. The number of aromatic nitrogens is 6. The highest BCUT2D eigenvalue weighted by Gasteiger charge is 2.23. The first-order valence-corrected chi connectivity index (χ1v) is 8.91. The Balaban J connectivity index is 1.94. The summed E-state index contributed by atoms with van der Waals surface area (Å²) < 4.78 is 29.3. The number of H-pyrrole nitrogens is 1. The zero-order chi connectivity index (χ0) is 21.6. The number of benzene rings is 1. The molecule has 0 bridgehead atoms. The average molecular weight is 434 g/mol. The molecule has 6 N–H and O–H groups in total. The predicted molar refractivity (Wildman–Crippen MR) is 107 cm³/mol. The van der Waals surface area contributed by atoms with Crippen molar-refractivity contribution in [1.29, 1.82) is 0 Å². The second-order valence-corrected chi connectivity index (χ2v) is 6.68. The summed E-state index contributed by atoms with van der Waals surface area (Å²) in [6, 6.07) is 2.78. The van der Waals surface area contributed by atoms with Crippen LogP contribution in [0.2, 0.25) is 5.02 Å². The van der Waals surface area contributed by atoms with E-state index < -0.39 is 28.8 Å². The fourth-order valence-corrected chi connectivity index (χ4v) is 3.09. The fraction of sp³-hybridized carbons (Fsp3) is 0.118. The molecule has 0 fully saturated rings. The largest absolute Gasteiger partial charge is 0.382 e. The number of nitrogens with two attached hydrogens (primary N) is 2. The van der Waals surface area contributed by atoms with Crippen LogP contribution >= 0.6 is 11.6 Å². The van der Waals surface area contributed by atoms with Crippen molar-refractivity contribution in [2.75, 3.05) is 16.8 Å². The van der Waals surface area contributed by atoms with E-state index in [9.17, 15) is 13.6 Å². The summed E-state index contributed by atoms with van der Waals surface area (Å²) in [6.45, 7) is 1.61. The number of aromatic amines is 1. The monoisotopic (exact) mass is 433 g/mol. The van der Waals surface area contributed by atoms with E-state index in [0.717, 1.165) is 6.07 Å². The molecular formula is C17H14ClF2N9O. The minimum absolute atomic E-state index is 0.00417. The molecule has 0 aliphatic carbocycles. The van der Waals surface area contributed by atoms with Crippen molar-refractivity contribution in [3.8, 4) is 5.82 Å². The van der Waals surface area contributed by atoms with Gasteiger partial charge in [0.1, 0.15) is 28.0 Å². The van der Waals surface area contributed by atoms with Crippen LogP contribution < -0.4 is 22.3 Å². The lowest BCUT2D eigenvalue weighted by Gasteiger charge is -2.20. The molecule has 1 atom stereocenters. The van der Waals surface area contributed by atoms with Crippen LogP contribution in [0.4, 0.5) is 26.4 Å². The van der Waals surface area contributed by atoms with E-state index in [0.29, 0.717) is 0 Å². The lowest BCUT2D eigenvalue weighted by molar-refractivity contribution is 0.514. The topological polar surface area (TPSA) is 153 Å². The third-order valence-electron chi connectivity index (χ3n) is 4.32. The minimum Gasteiger partial charge on any atom is -0.382 e. The average Bonchev–Trinajstić information content (AvgIpc) is 3.22. The van der Waals surface area contributed by atoms with E-state index >= 15 is 0 Å². The Morgan fingerprint density at radius 1 is 1.20 bits per heavy atom. The van der Waals surface area contributed by atoms with Gasteiger partial charge in [0, 0.05) is 6.07 Å². The van der Waals surface area contributed by atoms with Crippen molar-refractivity contribution >= 4 is 40.1 Å². The summed E-state index contributed by atoms with van der Waals surface area (Å²) in [6.07, 6.45) is 1.43. The smallest absolute Gasteiger partial charge is 0.267 e. The fourth-order valence-electron chi connectivity index (χ4n) is 2.95. The van der Waals surface area contributed by atoms with Crippen LogP contribution in [0.3, 0.4) is 0 Å². The van der Waals surface area contributed by atoms with Gasteiger partial charge in [-0.25, -0.2) is 18.3 Å². The van der Waals surface area contributed by atoms with Crippen molar-refractivity contribution in [3.63, 3.8) is 0 Å². The van der Waals surface area contributed by atoms with Gasteiger partial charge in [-0.1, -0.05) is 11.6 Å². The Hall–Kier alpha value is -3.80. The Bertz CT molecular complexity index is 1320. The maximum absolute atomic E-state index is 14.4. The molecule has 154 valence electrons. The van der Waals surface area contributed by atoms with Gasteiger partial charge in [-0.3, -0.25) is 9.89 Å². The molecule has 0 spiro atoms. The molecule has 10 nitrogen and oxygen atoms in total. The molecule has 13 heteroatoms. The van der Waals surface area contributed by atoms with Crippen molar-refractivity contribution < 1.29 is 8.78 Å². The molecule has 1 aromatic carbocycles. The molecule has 1 unspecified atom stereocenters. The summed E-state index contributed by atoms with van der Waals surface area (Å²) in [5.41, 5.74) is 10.3. The molecule has 0 aliphatic heterocycles. The third kappa shape index (κ3) is 3.16. The SMILES string of the molecule is CC(Nc1nc(N)nc(N)c1Cl)c1nc2c(F)c(F)ccc2c(=O)n1-c1ccn[nH]1. The van der Waals surface area contributed by atoms with Crippen molar-refractivity contribution in [2.24, 2.45) is 0 Å². The first kappa shape index (κ1) is 19.5. The Morgan fingerprint density at radius 3 is 2.67 bits per heavy atom. The van der Waals surface area contributed by atoms with Gasteiger partial charge in [0.2, 0.25) is 5.95 Å². The van der Waals surface area contributed by atoms with Gasteiger partial charge in [0.15, 0.2) is 17.5 Å². The summed E-state index contributed by atoms with van der Waals surface area (Å²) in [7, 11) is 0. The molecule has 0 saturated heterocycles. The number of fused-ring (bicyclic) bond motifs is 1. The van der Waals surface area contributed by atoms with Gasteiger partial charge >= 0.3 is 0 Å². The van der Waals surface area contributed by atoms with Crippen LogP contribution in [0.5, 0.6) is 0 Å². The van der Waals surface area contributed by atoms with E-state index in [4.69, 9.17) is 23.1 Å². The van der Waals surface area contributed by atoms with E-state index in [2.05, 4.69) is 30.5 Å². The van der Waals surface area contributed by atoms with Gasteiger partial charge in [0.25, 0.3) is 5.56 Å². The van der Waals surface area contributed by atoms with Crippen LogP contribution in [0, 0.1) is 11.6 Å². The van der Waals surface area contributed by atoms with Crippen molar-refractivity contribution in [1.82, 2.24) is 29.7 Å². The quantitative estimate of drug-likeness (QED) is 0.382. The van der Waals surface area contributed by atoms with Crippen LogP contribution in [0.1, 0.15) is 18.8 Å². The first-order chi connectivity index (χ1) is 14.3. The number of hydrogen-bond donors (Lipinski definition) is 4. The Labute approximate surface area is 171 Å². The van der Waals surface area contributed by atoms with Gasteiger partial charge < -0.3 is 16.8 Å². The molecular weight excluding hydrogens is 420 g/mol. The van der Waals surface area contributed by atoms with Crippen LogP contribution in [0.15, 0.2) is 29.2 Å². The third-order valence-corrected chi connectivity index (χ3v) is 4.69. The standard InChI is InChI=1S/C17H14ClF2N9O/c1-6(24-14-10(18)13(21)26-17(22)27-14)15-25-12-7(2-3-8(19)11(12)20)16(30)29(15)9-4-5-23-28-9/h2-6H,1H3,(H,23,28)(H5,21,22,24,26,27). The highest BCUT2D eigenvalue weighted by atomic mass is 35.5. The van der Waals surface area contributed by atoms with E-state index in [-0.39, 0.29) is 39.6 Å². The summed E-state index contributed by atoms with van der Waals surface area (Å²) >= 11 is 6.13. The van der Waals surface area contributed by atoms with Crippen LogP contribution in [-0.2, 0) is 0 Å². The molecule has 30 heavy (non-hydrogen) atoms. The number of nitrogen functional groups attached to an aromatic ring is 2. The van der Waals surface area contributed by atoms with E-state index in [1.165, 1.54) is 22.9 Å². The zero-order valence-corrected chi connectivity index (χ0v) is 16.1. The first-order valence-electron chi connectivity index (χ1n) is 8.53. The molecule has 0 amide bonds. The van der Waals surface area contributed by atoms with E-state index in [1.807, 2.05) is 0 Å². The normalized spacial score (nSPS) is 12.3. The number of halogens is 3. The number of anilines is 3. The highest BCUT2D eigenvalue weighted by Crippen LogP contribution is 2.29. The summed E-state index contributed by atoms with van der Waals surface area (Å²) in [5, 5.41) is 9.31. The summed E-state index contributed by atoms with van der Waals surface area (Å²) in [4.78, 5) is 25.0. The number of nitrogens with one attached hydrogen (secondary N) is 2. The van der Waals surface area contributed by atoms with Crippen LogP contribution in [0.25, 0.3) is 16.7 Å². The van der Waals surface area contributed by atoms with E-state index in [1.54, 1.807) is 6.92 Å². The zero-order valence-electron chi connectivity index (χ0n) is 15.3. The lowest BCUT2D eigenvalue weighted by atomic mass is 10.2. The molecule has 4 rings (SSSR count). The second-order valence-electron chi connectivity index (χ2n) is 6.31. The number of nitrogens with zero attached hydrogens (tertiary/aromatic N) is 5. The molecule has 3 heterocycles. The molecule has 0 aliphatic rings. The van der Waals surface area contributed by atoms with Gasteiger partial charge in [-0.05, 0) is 19.1 Å². The maximum atomic E-state index is 14.4. The van der Waals surface area contributed by atoms with Gasteiger partial charge in [-0.2, -0.15) is 15.1 Å². The van der Waals surface area contributed by atoms with Crippen molar-refractivity contribution in [2.45, 2.75) is 13.0 Å². The van der Waals surface area contributed by atoms with Crippen LogP contribution in [-0.4, -0.2) is 29.7 Å². The predicted octanol–water partition coefficient (Wildman–Crippen LogP) is 2.17. The number of rotatable bonds is 4. The lowest BCUT2D eigenvalue weighted by Crippen LogP contribution is -2.28. The van der Waals surface area contributed by atoms with Gasteiger partial charge in [-0.15, -0.1) is 0 Å². The molecule has 4 aromatic rings. The Morgan fingerprint density at radius 2 is 1.97 bits per heavy atom. The van der Waals surface area contributed by atoms with Gasteiger partial charge in [0.05, 0.1) is 17.6 Å². The van der Waals surface area contributed by atoms with Crippen molar-refractivity contribution in [3.05, 3.63) is 57.2 Å².